The maximum atomic E-state index is 12.5. The van der Waals surface area contributed by atoms with E-state index in [4.69, 9.17) is 9.47 Å². The van der Waals surface area contributed by atoms with Crippen LogP contribution in [0, 0.1) is 13.8 Å². The lowest BCUT2D eigenvalue weighted by Crippen LogP contribution is -2.37. The predicted octanol–water partition coefficient (Wildman–Crippen LogP) is 1.80. The van der Waals surface area contributed by atoms with E-state index in [1.165, 1.54) is 6.92 Å². The van der Waals surface area contributed by atoms with Gasteiger partial charge in [-0.3, -0.25) is 4.79 Å². The molecule has 1 heterocycles. The molecule has 0 fully saturated rings. The van der Waals surface area contributed by atoms with Crippen molar-refractivity contribution in [2.24, 2.45) is 0 Å². The van der Waals surface area contributed by atoms with E-state index in [1.807, 2.05) is 30.3 Å². The Bertz CT molecular complexity index is 740. The van der Waals surface area contributed by atoms with Crippen molar-refractivity contribution < 1.29 is 19.1 Å². The van der Waals surface area contributed by atoms with Gasteiger partial charge in [0.25, 0.3) is 5.91 Å². The number of nitrogens with zero attached hydrogens (tertiary/aromatic N) is 2. The van der Waals surface area contributed by atoms with E-state index in [0.717, 1.165) is 5.69 Å². The second-order valence-electron chi connectivity index (χ2n) is 5.62. The lowest BCUT2D eigenvalue weighted by molar-refractivity contribution is -0.129. The quantitative estimate of drug-likeness (QED) is 0.611. The van der Waals surface area contributed by atoms with Crippen molar-refractivity contribution in [3.8, 4) is 5.69 Å². The number of benzene rings is 1. The van der Waals surface area contributed by atoms with Gasteiger partial charge in [0.1, 0.15) is 5.56 Å². The van der Waals surface area contributed by atoms with Crippen LogP contribution in [-0.2, 0) is 14.3 Å². The molecule has 7 nitrogen and oxygen atoms in total. The van der Waals surface area contributed by atoms with Crippen LogP contribution in [0.25, 0.3) is 5.69 Å². The maximum Gasteiger partial charge on any atom is 0.342 e. The zero-order valence-electron chi connectivity index (χ0n) is 14.9. The van der Waals surface area contributed by atoms with Gasteiger partial charge in [0.05, 0.1) is 23.7 Å². The highest BCUT2D eigenvalue weighted by Gasteiger charge is 2.24. The Morgan fingerprint density at radius 3 is 2.56 bits per heavy atom. The Morgan fingerprint density at radius 2 is 1.92 bits per heavy atom. The van der Waals surface area contributed by atoms with Crippen molar-refractivity contribution in [1.29, 1.82) is 0 Å². The Morgan fingerprint density at radius 1 is 1.24 bits per heavy atom. The molecule has 0 spiro atoms. The average molecular weight is 345 g/mol. The molecule has 0 saturated carbocycles. The van der Waals surface area contributed by atoms with E-state index >= 15 is 0 Å². The van der Waals surface area contributed by atoms with Crippen LogP contribution < -0.4 is 5.32 Å². The molecule has 25 heavy (non-hydrogen) atoms. The Balaban J connectivity index is 2.12. The third-order valence-corrected chi connectivity index (χ3v) is 3.75. The highest BCUT2D eigenvalue weighted by molar-refractivity contribution is 5.94. The molecule has 1 amide bonds. The summed E-state index contributed by atoms with van der Waals surface area (Å²) < 4.78 is 11.8. The maximum absolute atomic E-state index is 12.5. The molecular formula is C18H23N3O4. The van der Waals surface area contributed by atoms with Gasteiger partial charge >= 0.3 is 5.97 Å². The van der Waals surface area contributed by atoms with Gasteiger partial charge in [-0.15, -0.1) is 0 Å². The predicted molar refractivity (Wildman–Crippen MR) is 92.8 cm³/mol. The van der Waals surface area contributed by atoms with Crippen LogP contribution >= 0.6 is 0 Å². The van der Waals surface area contributed by atoms with E-state index in [-0.39, 0.29) is 5.91 Å². The largest absolute Gasteiger partial charge is 0.449 e. The number of rotatable bonds is 7. The molecular weight excluding hydrogens is 322 g/mol. The smallest absolute Gasteiger partial charge is 0.342 e. The fourth-order valence-electron chi connectivity index (χ4n) is 2.45. The van der Waals surface area contributed by atoms with Crippen LogP contribution in [0.3, 0.4) is 0 Å². The van der Waals surface area contributed by atoms with Gasteiger partial charge in [0, 0.05) is 13.7 Å². The number of hydrogen-bond donors (Lipinski definition) is 1. The van der Waals surface area contributed by atoms with Crippen LogP contribution in [0.5, 0.6) is 0 Å². The number of esters is 1. The number of aromatic nitrogens is 2. The third-order valence-electron chi connectivity index (χ3n) is 3.75. The number of carbonyl (C=O) groups is 2. The normalized spacial score (nSPS) is 11.8. The van der Waals surface area contributed by atoms with Gasteiger partial charge in [0.2, 0.25) is 0 Å². The molecule has 0 saturated heterocycles. The van der Waals surface area contributed by atoms with Crippen LogP contribution in [-0.4, -0.2) is 48.0 Å². The van der Waals surface area contributed by atoms with Crippen molar-refractivity contribution in [3.05, 3.63) is 47.3 Å². The van der Waals surface area contributed by atoms with Crippen molar-refractivity contribution >= 4 is 11.9 Å². The number of nitrogens with one attached hydrogen (secondary N) is 1. The monoisotopic (exact) mass is 345 g/mol. The summed E-state index contributed by atoms with van der Waals surface area (Å²) in [5.41, 5.74) is 2.45. The lowest BCUT2D eigenvalue weighted by atomic mass is 10.2. The van der Waals surface area contributed by atoms with Crippen molar-refractivity contribution in [3.63, 3.8) is 0 Å². The molecule has 0 unspecified atom stereocenters. The topological polar surface area (TPSA) is 82.4 Å². The van der Waals surface area contributed by atoms with E-state index in [0.29, 0.717) is 30.1 Å². The van der Waals surface area contributed by atoms with Crippen LogP contribution in [0.2, 0.25) is 0 Å². The van der Waals surface area contributed by atoms with Gasteiger partial charge in [-0.05, 0) is 32.9 Å². The molecule has 0 radical (unpaired) electrons. The molecule has 2 aromatic rings. The van der Waals surface area contributed by atoms with Crippen LogP contribution in [0.4, 0.5) is 0 Å². The molecule has 1 aromatic carbocycles. The summed E-state index contributed by atoms with van der Waals surface area (Å²) in [7, 11) is 1.55. The number of amides is 1. The van der Waals surface area contributed by atoms with Gasteiger partial charge in [0.15, 0.2) is 6.10 Å². The minimum Gasteiger partial charge on any atom is -0.449 e. The van der Waals surface area contributed by atoms with Crippen molar-refractivity contribution in [2.45, 2.75) is 26.9 Å². The van der Waals surface area contributed by atoms with Gasteiger partial charge < -0.3 is 14.8 Å². The van der Waals surface area contributed by atoms with E-state index in [9.17, 15) is 9.59 Å². The highest BCUT2D eigenvalue weighted by atomic mass is 16.5. The first-order chi connectivity index (χ1) is 12.0. The Hall–Kier alpha value is -2.67. The van der Waals surface area contributed by atoms with Gasteiger partial charge in [-0.25, -0.2) is 9.48 Å². The first kappa shape index (κ1) is 18.7. The molecule has 2 rings (SSSR count). The standard InChI is InChI=1S/C18H23N3O4/c1-12-16(13(2)21(20-12)15-8-6-5-7-9-15)18(23)25-14(3)17(22)19-10-11-24-4/h5-9,14H,10-11H2,1-4H3,(H,19,22)/t14-/m0/s1. The second kappa shape index (κ2) is 8.43. The number of methoxy groups -OCH3 is 1. The number of carbonyl (C=O) groups excluding carboxylic acids is 2. The number of aryl methyl sites for hydroxylation is 1. The number of hydrogen-bond acceptors (Lipinski definition) is 5. The van der Waals surface area contributed by atoms with Gasteiger partial charge in [-0.2, -0.15) is 5.10 Å². The Kier molecular flexibility index (Phi) is 6.30. The fourth-order valence-corrected chi connectivity index (χ4v) is 2.45. The molecule has 0 aliphatic rings. The SMILES string of the molecule is COCCNC(=O)[C@H](C)OC(=O)c1c(C)nn(-c2ccccc2)c1C. The summed E-state index contributed by atoms with van der Waals surface area (Å²) in [6.45, 7) is 5.83. The highest BCUT2D eigenvalue weighted by Crippen LogP contribution is 2.19. The number of ether oxygens (including phenoxy) is 2. The first-order valence-electron chi connectivity index (χ1n) is 8.05. The Labute approximate surface area is 146 Å². The van der Waals surface area contributed by atoms with E-state index < -0.39 is 12.1 Å². The number of para-hydroxylation sites is 1. The zero-order valence-corrected chi connectivity index (χ0v) is 14.9. The fraction of sp³-hybridized carbons (Fsp3) is 0.389. The van der Waals surface area contributed by atoms with Crippen molar-refractivity contribution in [1.82, 2.24) is 15.1 Å². The van der Waals surface area contributed by atoms with Crippen LogP contribution in [0.1, 0.15) is 28.7 Å². The average Bonchev–Trinajstić information content (AvgIpc) is 2.90. The van der Waals surface area contributed by atoms with Crippen molar-refractivity contribution in [2.75, 3.05) is 20.3 Å². The first-order valence-corrected chi connectivity index (χ1v) is 8.05. The summed E-state index contributed by atoms with van der Waals surface area (Å²) in [6, 6.07) is 9.52. The van der Waals surface area contributed by atoms with Gasteiger partial charge in [-0.1, -0.05) is 18.2 Å². The van der Waals surface area contributed by atoms with Crippen LogP contribution in [0.15, 0.2) is 30.3 Å². The summed E-state index contributed by atoms with van der Waals surface area (Å²) >= 11 is 0. The molecule has 134 valence electrons. The zero-order chi connectivity index (χ0) is 18.4. The molecule has 1 atom stereocenters. The van der Waals surface area contributed by atoms with E-state index in [2.05, 4.69) is 10.4 Å². The minimum absolute atomic E-state index is 0.362. The molecule has 1 N–H and O–H groups in total. The second-order valence-corrected chi connectivity index (χ2v) is 5.62. The molecule has 0 aliphatic carbocycles. The molecule has 7 heteroatoms. The summed E-state index contributed by atoms with van der Waals surface area (Å²) in [5, 5.41) is 7.05. The lowest BCUT2D eigenvalue weighted by Gasteiger charge is -2.13. The summed E-state index contributed by atoms with van der Waals surface area (Å²) in [6.07, 6.45) is -0.900. The third kappa shape index (κ3) is 4.45. The molecule has 1 aromatic heterocycles. The summed E-state index contributed by atoms with van der Waals surface area (Å²) in [5.74, 6) is -0.928. The minimum atomic E-state index is -0.900. The molecule has 0 bridgehead atoms. The van der Waals surface area contributed by atoms with E-state index in [1.54, 1.807) is 25.6 Å². The molecule has 0 aliphatic heterocycles. The summed E-state index contributed by atoms with van der Waals surface area (Å²) in [4.78, 5) is 24.4.